The van der Waals surface area contributed by atoms with Crippen LogP contribution in [0.5, 0.6) is 0 Å². The fourth-order valence-electron chi connectivity index (χ4n) is 1.10. The summed E-state index contributed by atoms with van der Waals surface area (Å²) in [5.74, 6) is 0. The van der Waals surface area contributed by atoms with Crippen LogP contribution in [0, 0.1) is 4.91 Å². The summed E-state index contributed by atoms with van der Waals surface area (Å²) in [6.07, 6.45) is 2.50. The Bertz CT molecular complexity index is 105. The molecule has 0 spiro atoms. The second-order valence-electron chi connectivity index (χ2n) is 2.46. The smallest absolute Gasteiger partial charge is 0.107 e. The highest BCUT2D eigenvalue weighted by molar-refractivity contribution is 4.71. The highest BCUT2D eigenvalue weighted by Gasteiger charge is 2.21. The highest BCUT2D eigenvalue weighted by atomic mass is 16.5. The molecule has 2 atom stereocenters. The van der Waals surface area contributed by atoms with Crippen molar-refractivity contribution in [3.05, 3.63) is 4.91 Å². The number of ether oxygens (including phenoxy) is 1. The van der Waals surface area contributed by atoms with Crippen LogP contribution < -0.4 is 0 Å². The molecule has 9 heavy (non-hydrogen) atoms. The largest absolute Gasteiger partial charge is 0.373 e. The monoisotopic (exact) mass is 129 g/mol. The van der Waals surface area contributed by atoms with Gasteiger partial charge in [-0.25, -0.2) is 0 Å². The van der Waals surface area contributed by atoms with Crippen LogP contribution in [-0.4, -0.2) is 18.8 Å². The van der Waals surface area contributed by atoms with E-state index >= 15 is 0 Å². The van der Waals surface area contributed by atoms with Crippen LogP contribution in [-0.2, 0) is 4.74 Å². The summed E-state index contributed by atoms with van der Waals surface area (Å²) in [6.45, 7) is 2.34. The second-order valence-corrected chi connectivity index (χ2v) is 2.46. The lowest BCUT2D eigenvalue weighted by molar-refractivity contribution is 0.0614. The Morgan fingerprint density at radius 2 is 2.44 bits per heavy atom. The lowest BCUT2D eigenvalue weighted by Crippen LogP contribution is -2.10. The predicted octanol–water partition coefficient (Wildman–Crippen LogP) is 1.32. The van der Waals surface area contributed by atoms with Gasteiger partial charge in [-0.15, -0.1) is 0 Å². The molecule has 1 aliphatic heterocycles. The van der Waals surface area contributed by atoms with Gasteiger partial charge in [-0.1, -0.05) is 5.18 Å². The predicted molar refractivity (Wildman–Crippen MR) is 34.2 cm³/mol. The van der Waals surface area contributed by atoms with Gasteiger partial charge in [0, 0.05) is 0 Å². The molecule has 0 amide bonds. The van der Waals surface area contributed by atoms with Crippen molar-refractivity contribution in [2.24, 2.45) is 5.18 Å². The number of rotatable bonds is 2. The molecule has 1 fully saturated rings. The van der Waals surface area contributed by atoms with E-state index in [-0.39, 0.29) is 6.10 Å². The topological polar surface area (TPSA) is 38.7 Å². The fourth-order valence-corrected chi connectivity index (χ4v) is 1.10. The SMILES string of the molecule is CC1CC[C@@H](CN=O)O1. The summed E-state index contributed by atoms with van der Waals surface area (Å²) in [5, 5.41) is 2.78. The Kier molecular flexibility index (Phi) is 2.16. The molecule has 52 valence electrons. The summed E-state index contributed by atoms with van der Waals surface area (Å²) in [6, 6.07) is 0. The lowest BCUT2D eigenvalue weighted by Gasteiger charge is -2.04. The Hall–Kier alpha value is -0.440. The third-order valence-electron chi connectivity index (χ3n) is 1.60. The van der Waals surface area contributed by atoms with Crippen LogP contribution in [0.2, 0.25) is 0 Å². The second kappa shape index (κ2) is 2.92. The average Bonchev–Trinajstić information content (AvgIpc) is 2.17. The normalized spacial score (nSPS) is 34.8. The highest BCUT2D eigenvalue weighted by Crippen LogP contribution is 2.18. The molecule has 0 aliphatic carbocycles. The molecule has 0 N–H and O–H groups in total. The third kappa shape index (κ3) is 1.75. The fraction of sp³-hybridized carbons (Fsp3) is 1.00. The maximum Gasteiger partial charge on any atom is 0.107 e. The van der Waals surface area contributed by atoms with E-state index < -0.39 is 0 Å². The zero-order valence-electron chi connectivity index (χ0n) is 5.54. The van der Waals surface area contributed by atoms with Gasteiger partial charge >= 0.3 is 0 Å². The zero-order chi connectivity index (χ0) is 6.69. The van der Waals surface area contributed by atoms with Gasteiger partial charge in [-0.05, 0) is 19.8 Å². The maximum absolute atomic E-state index is 9.74. The number of nitroso groups, excluding NO2 is 1. The summed E-state index contributed by atoms with van der Waals surface area (Å²) in [5.41, 5.74) is 0. The van der Waals surface area contributed by atoms with Crippen molar-refractivity contribution < 1.29 is 4.74 Å². The molecule has 0 aromatic heterocycles. The van der Waals surface area contributed by atoms with Crippen LogP contribution in [0.25, 0.3) is 0 Å². The van der Waals surface area contributed by atoms with E-state index in [4.69, 9.17) is 4.74 Å². The van der Waals surface area contributed by atoms with Crippen LogP contribution >= 0.6 is 0 Å². The molecule has 0 aromatic carbocycles. The van der Waals surface area contributed by atoms with Gasteiger partial charge in [0.2, 0.25) is 0 Å². The van der Waals surface area contributed by atoms with Crippen molar-refractivity contribution in [1.29, 1.82) is 0 Å². The number of nitrogens with zero attached hydrogens (tertiary/aromatic N) is 1. The molecule has 1 unspecified atom stereocenters. The van der Waals surface area contributed by atoms with E-state index in [0.29, 0.717) is 12.6 Å². The van der Waals surface area contributed by atoms with Crippen molar-refractivity contribution in [1.82, 2.24) is 0 Å². The van der Waals surface area contributed by atoms with Crippen LogP contribution in [0.1, 0.15) is 19.8 Å². The molecule has 1 heterocycles. The van der Waals surface area contributed by atoms with Crippen molar-refractivity contribution in [3.63, 3.8) is 0 Å². The first-order valence-corrected chi connectivity index (χ1v) is 3.27. The standard InChI is InChI=1S/C6H11NO2/c1-5-2-3-6(9-5)4-7-8/h5-6H,2-4H2,1H3/t5?,6-/m0/s1. The lowest BCUT2D eigenvalue weighted by atomic mass is 10.2. The van der Waals surface area contributed by atoms with Crippen molar-refractivity contribution in [2.45, 2.75) is 32.0 Å². The van der Waals surface area contributed by atoms with Gasteiger partial charge in [0.25, 0.3) is 0 Å². The van der Waals surface area contributed by atoms with Gasteiger partial charge in [-0.3, -0.25) is 0 Å². The molecule has 1 aliphatic rings. The molecular weight excluding hydrogens is 118 g/mol. The molecule has 0 aromatic rings. The molecule has 3 heteroatoms. The van der Waals surface area contributed by atoms with Gasteiger partial charge in [0.05, 0.1) is 12.2 Å². The Labute approximate surface area is 54.4 Å². The first-order chi connectivity index (χ1) is 4.33. The maximum atomic E-state index is 9.74. The third-order valence-corrected chi connectivity index (χ3v) is 1.60. The Balaban J connectivity index is 2.21. The molecule has 0 saturated carbocycles. The van der Waals surface area contributed by atoms with Gasteiger partial charge < -0.3 is 4.74 Å². The van der Waals surface area contributed by atoms with Gasteiger partial charge in [0.15, 0.2) is 0 Å². The van der Waals surface area contributed by atoms with Gasteiger partial charge in [0.1, 0.15) is 6.54 Å². The summed E-state index contributed by atoms with van der Waals surface area (Å²) >= 11 is 0. The summed E-state index contributed by atoms with van der Waals surface area (Å²) in [4.78, 5) is 9.74. The quantitative estimate of drug-likeness (QED) is 0.527. The molecule has 1 saturated heterocycles. The number of hydrogen-bond acceptors (Lipinski definition) is 3. The molecule has 0 radical (unpaired) electrons. The van der Waals surface area contributed by atoms with Crippen LogP contribution in [0.15, 0.2) is 5.18 Å². The Morgan fingerprint density at radius 3 is 2.89 bits per heavy atom. The summed E-state index contributed by atoms with van der Waals surface area (Å²) in [7, 11) is 0. The minimum absolute atomic E-state index is 0.109. The minimum atomic E-state index is 0.109. The van der Waals surface area contributed by atoms with Crippen molar-refractivity contribution in [2.75, 3.05) is 6.54 Å². The van der Waals surface area contributed by atoms with Crippen LogP contribution in [0.4, 0.5) is 0 Å². The van der Waals surface area contributed by atoms with E-state index in [2.05, 4.69) is 5.18 Å². The van der Waals surface area contributed by atoms with E-state index in [1.54, 1.807) is 0 Å². The van der Waals surface area contributed by atoms with Crippen LogP contribution in [0.3, 0.4) is 0 Å². The van der Waals surface area contributed by atoms with Crippen molar-refractivity contribution >= 4 is 0 Å². The molecule has 0 bridgehead atoms. The Morgan fingerprint density at radius 1 is 1.67 bits per heavy atom. The van der Waals surface area contributed by atoms with E-state index in [1.807, 2.05) is 6.92 Å². The minimum Gasteiger partial charge on any atom is -0.373 e. The average molecular weight is 129 g/mol. The van der Waals surface area contributed by atoms with E-state index in [1.165, 1.54) is 0 Å². The van der Waals surface area contributed by atoms with E-state index in [0.717, 1.165) is 12.8 Å². The molecule has 1 rings (SSSR count). The number of hydrogen-bond donors (Lipinski definition) is 0. The first kappa shape index (κ1) is 6.68. The molecule has 3 nitrogen and oxygen atoms in total. The molecular formula is C6H11NO2. The van der Waals surface area contributed by atoms with E-state index in [9.17, 15) is 4.91 Å². The zero-order valence-corrected chi connectivity index (χ0v) is 5.54. The van der Waals surface area contributed by atoms with Crippen molar-refractivity contribution in [3.8, 4) is 0 Å². The first-order valence-electron chi connectivity index (χ1n) is 3.27. The summed E-state index contributed by atoms with van der Waals surface area (Å²) < 4.78 is 5.31. The van der Waals surface area contributed by atoms with Gasteiger partial charge in [-0.2, -0.15) is 4.91 Å².